The van der Waals surface area contributed by atoms with Crippen molar-refractivity contribution in [3.05, 3.63) is 59.4 Å². The number of nitrogens with two attached hydrogens (primary N) is 1. The molecule has 1 atom stereocenters. The normalized spacial score (nSPS) is 20.4. The standard InChI is InChI=1S/C23H26N8O/c24-20-9-19(21-22(27-20)29-30-28-21)18-4-7-25-13-23(5-6-23)14-32-17-3-1-2-15(8-17)11-31-12-16(18)10-26-31/h1-3,8-10,12,18,25H,4-7,11,13-14H2,(H3,24,27,28,29,30)/t18-/m1/s1. The van der Waals surface area contributed by atoms with Crippen molar-refractivity contribution in [1.29, 1.82) is 0 Å². The van der Waals surface area contributed by atoms with Crippen LogP contribution in [0.25, 0.3) is 11.2 Å². The van der Waals surface area contributed by atoms with Crippen molar-refractivity contribution in [2.24, 2.45) is 5.41 Å². The first-order valence-electron chi connectivity index (χ1n) is 11.1. The predicted octanol–water partition coefficient (Wildman–Crippen LogP) is 2.46. The summed E-state index contributed by atoms with van der Waals surface area (Å²) in [5.41, 5.74) is 11.0. The van der Waals surface area contributed by atoms with Crippen LogP contribution in [0.5, 0.6) is 5.75 Å². The number of hydrogen-bond donors (Lipinski definition) is 3. The molecule has 6 rings (SSSR count). The van der Waals surface area contributed by atoms with Gasteiger partial charge in [0.2, 0.25) is 5.65 Å². The monoisotopic (exact) mass is 430 g/mol. The minimum Gasteiger partial charge on any atom is -0.493 e. The molecular formula is C23H26N8O. The largest absolute Gasteiger partial charge is 0.493 e. The van der Waals surface area contributed by atoms with Crippen LogP contribution in [0.4, 0.5) is 5.82 Å². The number of pyridine rings is 1. The third kappa shape index (κ3) is 3.69. The van der Waals surface area contributed by atoms with Gasteiger partial charge in [-0.15, -0.1) is 5.10 Å². The Hall–Kier alpha value is -3.46. The molecule has 1 saturated carbocycles. The number of rotatable bonds is 1. The fourth-order valence-corrected chi connectivity index (χ4v) is 4.60. The van der Waals surface area contributed by atoms with Crippen molar-refractivity contribution in [3.8, 4) is 5.75 Å². The van der Waals surface area contributed by atoms with Gasteiger partial charge in [-0.3, -0.25) is 4.68 Å². The molecule has 1 aromatic carbocycles. The number of nitrogen functional groups attached to an aromatic ring is 1. The lowest BCUT2D eigenvalue weighted by Crippen LogP contribution is -2.30. The summed E-state index contributed by atoms with van der Waals surface area (Å²) in [6.45, 7) is 3.26. The Morgan fingerprint density at radius 2 is 2.12 bits per heavy atom. The molecular weight excluding hydrogens is 404 g/mol. The van der Waals surface area contributed by atoms with Gasteiger partial charge in [0, 0.05) is 24.1 Å². The molecule has 4 N–H and O–H groups in total. The molecule has 2 aliphatic rings. The summed E-state index contributed by atoms with van der Waals surface area (Å²) in [6.07, 6.45) is 7.36. The molecule has 0 unspecified atom stereocenters. The summed E-state index contributed by atoms with van der Waals surface area (Å²) >= 11 is 0. The van der Waals surface area contributed by atoms with E-state index < -0.39 is 0 Å². The van der Waals surface area contributed by atoms with Crippen LogP contribution in [0.3, 0.4) is 0 Å². The van der Waals surface area contributed by atoms with Crippen LogP contribution >= 0.6 is 0 Å². The zero-order valence-corrected chi connectivity index (χ0v) is 17.8. The molecule has 1 fully saturated rings. The molecule has 1 aliphatic carbocycles. The van der Waals surface area contributed by atoms with E-state index in [1.807, 2.05) is 23.0 Å². The van der Waals surface area contributed by atoms with E-state index in [2.05, 4.69) is 55.2 Å². The summed E-state index contributed by atoms with van der Waals surface area (Å²) in [7, 11) is 0. The SMILES string of the molecule is Nc1cc([C@@H]2CCNCC3(CC3)COc3cccc(c3)Cn3cc2cn3)c2n[nH]nc2n1. The van der Waals surface area contributed by atoms with Gasteiger partial charge < -0.3 is 15.8 Å². The highest BCUT2D eigenvalue weighted by atomic mass is 16.5. The first-order chi connectivity index (χ1) is 15.7. The minimum atomic E-state index is 0.0806. The summed E-state index contributed by atoms with van der Waals surface area (Å²) in [5.74, 6) is 1.45. The van der Waals surface area contributed by atoms with E-state index in [4.69, 9.17) is 10.5 Å². The Morgan fingerprint density at radius 3 is 3.03 bits per heavy atom. The highest BCUT2D eigenvalue weighted by Gasteiger charge is 2.43. The maximum atomic E-state index is 6.17. The summed E-state index contributed by atoms with van der Waals surface area (Å²) in [4.78, 5) is 4.31. The van der Waals surface area contributed by atoms with Crippen molar-refractivity contribution < 1.29 is 4.74 Å². The summed E-state index contributed by atoms with van der Waals surface area (Å²) in [5, 5.41) is 19.5. The number of ether oxygens (including phenoxy) is 1. The van der Waals surface area contributed by atoms with E-state index in [9.17, 15) is 0 Å². The molecule has 3 aromatic heterocycles. The van der Waals surface area contributed by atoms with E-state index in [0.29, 0.717) is 18.0 Å². The zero-order chi connectivity index (χ0) is 21.5. The summed E-state index contributed by atoms with van der Waals surface area (Å²) < 4.78 is 8.14. The number of benzene rings is 1. The van der Waals surface area contributed by atoms with Crippen LogP contribution < -0.4 is 15.8 Å². The smallest absolute Gasteiger partial charge is 0.203 e. The van der Waals surface area contributed by atoms with Gasteiger partial charge in [0.15, 0.2) is 0 Å². The molecule has 1 spiro atoms. The van der Waals surface area contributed by atoms with Gasteiger partial charge in [0.1, 0.15) is 17.1 Å². The van der Waals surface area contributed by atoms with Crippen LogP contribution in [0, 0.1) is 5.41 Å². The van der Waals surface area contributed by atoms with E-state index in [1.165, 1.54) is 18.4 Å². The molecule has 9 nitrogen and oxygen atoms in total. The second-order valence-corrected chi connectivity index (χ2v) is 9.06. The van der Waals surface area contributed by atoms with Gasteiger partial charge in [-0.05, 0) is 60.7 Å². The Balaban J connectivity index is 1.38. The van der Waals surface area contributed by atoms with Crippen molar-refractivity contribution in [2.75, 3.05) is 25.4 Å². The number of fused-ring (bicyclic) bond motifs is 5. The third-order valence-corrected chi connectivity index (χ3v) is 6.63. The number of nitrogens with zero attached hydrogens (tertiary/aromatic N) is 5. The van der Waals surface area contributed by atoms with Gasteiger partial charge in [-0.1, -0.05) is 12.1 Å². The molecule has 4 heterocycles. The van der Waals surface area contributed by atoms with Crippen LogP contribution in [0.15, 0.2) is 42.7 Å². The lowest BCUT2D eigenvalue weighted by Gasteiger charge is -2.20. The quantitative estimate of drug-likeness (QED) is 0.424. The van der Waals surface area contributed by atoms with E-state index in [-0.39, 0.29) is 11.3 Å². The molecule has 0 amide bonds. The first-order valence-corrected chi connectivity index (χ1v) is 11.1. The van der Waals surface area contributed by atoms with E-state index in [1.54, 1.807) is 0 Å². The van der Waals surface area contributed by atoms with Crippen molar-refractivity contribution in [2.45, 2.75) is 31.7 Å². The average molecular weight is 431 g/mol. The second-order valence-electron chi connectivity index (χ2n) is 9.06. The maximum absolute atomic E-state index is 6.17. The number of nitrogens with one attached hydrogen (secondary N) is 2. The molecule has 0 saturated heterocycles. The van der Waals surface area contributed by atoms with Crippen LogP contribution in [0.2, 0.25) is 0 Å². The molecule has 164 valence electrons. The molecule has 0 radical (unpaired) electrons. The number of anilines is 1. The molecule has 1 aliphatic heterocycles. The fraction of sp³-hybridized carbons (Fsp3) is 0.391. The maximum Gasteiger partial charge on any atom is 0.203 e. The van der Waals surface area contributed by atoms with Crippen molar-refractivity contribution >= 4 is 17.0 Å². The van der Waals surface area contributed by atoms with Gasteiger partial charge in [-0.25, -0.2) is 4.98 Å². The Kier molecular flexibility index (Phi) is 4.57. The Bertz CT molecular complexity index is 1260. The van der Waals surface area contributed by atoms with Crippen molar-refractivity contribution in [3.63, 3.8) is 0 Å². The minimum absolute atomic E-state index is 0.0806. The highest BCUT2D eigenvalue weighted by Crippen LogP contribution is 2.45. The van der Waals surface area contributed by atoms with Crippen LogP contribution in [0.1, 0.15) is 41.9 Å². The van der Waals surface area contributed by atoms with Gasteiger partial charge in [0.05, 0.1) is 19.3 Å². The number of hydrogen-bond acceptors (Lipinski definition) is 7. The fourth-order valence-electron chi connectivity index (χ4n) is 4.60. The van der Waals surface area contributed by atoms with Crippen molar-refractivity contribution in [1.82, 2.24) is 35.5 Å². The topological polar surface area (TPSA) is 120 Å². The van der Waals surface area contributed by atoms with Gasteiger partial charge in [0.25, 0.3) is 0 Å². The first kappa shape index (κ1) is 19.2. The van der Waals surface area contributed by atoms with Gasteiger partial charge >= 0.3 is 0 Å². The average Bonchev–Trinajstić information content (AvgIpc) is 3.15. The van der Waals surface area contributed by atoms with Crippen LogP contribution in [-0.4, -0.2) is 49.9 Å². The zero-order valence-electron chi connectivity index (χ0n) is 17.8. The Morgan fingerprint density at radius 1 is 1.19 bits per heavy atom. The van der Waals surface area contributed by atoms with E-state index in [0.717, 1.165) is 48.5 Å². The molecule has 9 heteroatoms. The summed E-state index contributed by atoms with van der Waals surface area (Å²) in [6, 6.07) is 10.2. The highest BCUT2D eigenvalue weighted by molar-refractivity contribution is 5.77. The lowest BCUT2D eigenvalue weighted by atomic mass is 9.90. The van der Waals surface area contributed by atoms with Gasteiger partial charge in [-0.2, -0.15) is 15.4 Å². The number of aromatic amines is 1. The number of H-pyrrole nitrogens is 1. The third-order valence-electron chi connectivity index (χ3n) is 6.63. The van der Waals surface area contributed by atoms with E-state index >= 15 is 0 Å². The van der Waals surface area contributed by atoms with Crippen LogP contribution in [-0.2, 0) is 6.54 Å². The molecule has 32 heavy (non-hydrogen) atoms. The number of aromatic nitrogens is 6. The predicted molar refractivity (Wildman–Crippen MR) is 120 cm³/mol. The second kappa shape index (κ2) is 7.59. The lowest BCUT2D eigenvalue weighted by molar-refractivity contribution is 0.229. The molecule has 4 bridgehead atoms. The Labute approximate surface area is 185 Å². The molecule has 4 aromatic rings.